The van der Waals surface area contributed by atoms with Crippen molar-refractivity contribution in [2.45, 2.75) is 0 Å². The van der Waals surface area contributed by atoms with Gasteiger partial charge in [-0.25, -0.2) is 9.50 Å². The Balaban J connectivity index is 2.15. The first-order chi connectivity index (χ1) is 7.22. The second-order valence-corrected chi connectivity index (χ2v) is 5.34. The van der Waals surface area contributed by atoms with Crippen LogP contribution >= 0.6 is 27.3 Å². The van der Waals surface area contributed by atoms with Crippen LogP contribution in [0.1, 0.15) is 0 Å². The van der Waals surface area contributed by atoms with Crippen LogP contribution < -0.4 is 0 Å². The number of hydrogen-bond acceptors (Lipinski definition) is 4. The minimum absolute atomic E-state index is 0.836. The van der Waals surface area contributed by atoms with Gasteiger partial charge in [-0.05, 0) is 15.9 Å². The summed E-state index contributed by atoms with van der Waals surface area (Å²) in [5.74, 6) is 0. The van der Waals surface area contributed by atoms with E-state index in [4.69, 9.17) is 0 Å². The third kappa shape index (κ3) is 1.47. The zero-order valence-electron chi connectivity index (χ0n) is 7.75. The van der Waals surface area contributed by atoms with Gasteiger partial charge in [0.15, 0.2) is 3.92 Å². The summed E-state index contributed by atoms with van der Waals surface area (Å²) in [6, 6.07) is 0. The van der Waals surface area contributed by atoms with Crippen LogP contribution in [0.2, 0.25) is 0 Å². The predicted molar refractivity (Wildman–Crippen MR) is 60.8 cm³/mol. The second kappa shape index (κ2) is 3.14. The lowest BCUT2D eigenvalue weighted by molar-refractivity contribution is 0.768. The Bertz CT molecular complexity index is 590. The molecule has 0 N–H and O–H groups in total. The highest BCUT2D eigenvalue weighted by Crippen LogP contribution is 2.23. The summed E-state index contributed by atoms with van der Waals surface area (Å²) >= 11 is 4.82. The second-order valence-electron chi connectivity index (χ2n) is 3.11. The summed E-state index contributed by atoms with van der Waals surface area (Å²) in [6.45, 7) is 0. The van der Waals surface area contributed by atoms with E-state index in [2.05, 4.69) is 31.1 Å². The van der Waals surface area contributed by atoms with Crippen LogP contribution in [0.3, 0.4) is 0 Å². The Hall–Kier alpha value is -1.21. The Labute approximate surface area is 97.5 Å². The number of nitrogens with zero attached hydrogens (tertiary/aromatic N) is 5. The number of imidazole rings is 1. The molecule has 5 nitrogen and oxygen atoms in total. The summed E-state index contributed by atoms with van der Waals surface area (Å²) in [5.41, 5.74) is 1.90. The van der Waals surface area contributed by atoms with Crippen molar-refractivity contribution in [3.8, 4) is 11.3 Å². The van der Waals surface area contributed by atoms with E-state index in [1.54, 1.807) is 15.4 Å². The molecular weight excluding hydrogens is 278 g/mol. The molecule has 0 saturated carbocycles. The number of hydrogen-bond donors (Lipinski definition) is 0. The molecule has 76 valence electrons. The maximum absolute atomic E-state index is 4.45. The number of rotatable bonds is 1. The van der Waals surface area contributed by atoms with E-state index in [9.17, 15) is 0 Å². The lowest BCUT2D eigenvalue weighted by Gasteiger charge is -1.85. The monoisotopic (exact) mass is 283 g/mol. The SMILES string of the molecule is Cn1cc(-c2cn3nc(Br)sc3n2)cn1. The van der Waals surface area contributed by atoms with Gasteiger partial charge in [-0.1, -0.05) is 11.3 Å². The molecule has 3 rings (SSSR count). The van der Waals surface area contributed by atoms with Gasteiger partial charge in [0.25, 0.3) is 0 Å². The highest BCUT2D eigenvalue weighted by atomic mass is 79.9. The maximum Gasteiger partial charge on any atom is 0.213 e. The van der Waals surface area contributed by atoms with Crippen molar-refractivity contribution in [1.29, 1.82) is 0 Å². The minimum Gasteiger partial charge on any atom is -0.275 e. The van der Waals surface area contributed by atoms with Crippen molar-refractivity contribution in [2.24, 2.45) is 7.05 Å². The standard InChI is InChI=1S/C8H6BrN5S/c1-13-3-5(2-10-13)6-4-14-8(11-6)15-7(9)12-14/h2-4H,1H3. The molecule has 0 amide bonds. The van der Waals surface area contributed by atoms with Crippen molar-refractivity contribution < 1.29 is 0 Å². The van der Waals surface area contributed by atoms with Gasteiger partial charge in [0, 0.05) is 18.8 Å². The molecule has 0 radical (unpaired) electrons. The molecule has 0 aliphatic rings. The fraction of sp³-hybridized carbons (Fsp3) is 0.125. The average Bonchev–Trinajstić information content (AvgIpc) is 2.78. The van der Waals surface area contributed by atoms with E-state index >= 15 is 0 Å². The Morgan fingerprint density at radius 1 is 1.40 bits per heavy atom. The molecule has 7 heteroatoms. The van der Waals surface area contributed by atoms with E-state index < -0.39 is 0 Å². The Kier molecular flexibility index (Phi) is 1.89. The number of aromatic nitrogens is 5. The van der Waals surface area contributed by atoms with Crippen LogP contribution in [0.15, 0.2) is 22.5 Å². The molecule has 0 aliphatic carbocycles. The van der Waals surface area contributed by atoms with Gasteiger partial charge in [-0.3, -0.25) is 4.68 Å². The highest BCUT2D eigenvalue weighted by Gasteiger charge is 2.09. The van der Waals surface area contributed by atoms with Crippen molar-refractivity contribution in [3.63, 3.8) is 0 Å². The van der Waals surface area contributed by atoms with E-state index in [-0.39, 0.29) is 0 Å². The molecule has 0 saturated heterocycles. The zero-order valence-corrected chi connectivity index (χ0v) is 10.2. The van der Waals surface area contributed by atoms with Gasteiger partial charge >= 0.3 is 0 Å². The van der Waals surface area contributed by atoms with E-state index in [1.165, 1.54) is 11.3 Å². The van der Waals surface area contributed by atoms with Crippen LogP contribution in [0.25, 0.3) is 16.2 Å². The van der Waals surface area contributed by atoms with Crippen molar-refractivity contribution in [3.05, 3.63) is 22.5 Å². The lowest BCUT2D eigenvalue weighted by Crippen LogP contribution is -1.84. The average molecular weight is 284 g/mol. The normalized spacial score (nSPS) is 11.3. The van der Waals surface area contributed by atoms with Gasteiger partial charge in [-0.15, -0.1) is 5.10 Å². The highest BCUT2D eigenvalue weighted by molar-refractivity contribution is 9.11. The third-order valence-corrected chi connectivity index (χ3v) is 3.37. The van der Waals surface area contributed by atoms with Crippen LogP contribution in [0.4, 0.5) is 0 Å². The summed E-state index contributed by atoms with van der Waals surface area (Å²) in [4.78, 5) is 5.33. The van der Waals surface area contributed by atoms with Crippen molar-refractivity contribution in [2.75, 3.05) is 0 Å². The van der Waals surface area contributed by atoms with Crippen molar-refractivity contribution in [1.82, 2.24) is 24.4 Å². The van der Waals surface area contributed by atoms with Crippen LogP contribution in [0, 0.1) is 0 Å². The summed E-state index contributed by atoms with van der Waals surface area (Å²) in [6.07, 6.45) is 5.62. The Morgan fingerprint density at radius 2 is 2.27 bits per heavy atom. The number of fused-ring (bicyclic) bond motifs is 1. The third-order valence-electron chi connectivity index (χ3n) is 2.02. The summed E-state index contributed by atoms with van der Waals surface area (Å²) < 4.78 is 4.35. The maximum atomic E-state index is 4.45. The van der Waals surface area contributed by atoms with Crippen molar-refractivity contribution >= 4 is 32.2 Å². The van der Waals surface area contributed by atoms with Crippen LogP contribution in [0.5, 0.6) is 0 Å². The fourth-order valence-electron chi connectivity index (χ4n) is 1.37. The smallest absolute Gasteiger partial charge is 0.213 e. The zero-order chi connectivity index (χ0) is 10.4. The fourth-order valence-corrected chi connectivity index (χ4v) is 2.58. The topological polar surface area (TPSA) is 48.0 Å². The van der Waals surface area contributed by atoms with Gasteiger partial charge in [-0.2, -0.15) is 5.10 Å². The quantitative estimate of drug-likeness (QED) is 0.686. The molecule has 0 bridgehead atoms. The number of aryl methyl sites for hydroxylation is 1. The van der Waals surface area contributed by atoms with Gasteiger partial charge in [0.2, 0.25) is 4.96 Å². The predicted octanol–water partition coefficient (Wildman–Crippen LogP) is 1.95. The molecule has 0 aromatic carbocycles. The molecule has 0 unspecified atom stereocenters. The van der Waals surface area contributed by atoms with E-state index in [1.807, 2.05) is 19.4 Å². The first-order valence-corrected chi connectivity index (χ1v) is 5.84. The molecule has 0 fully saturated rings. The number of halogens is 1. The molecule has 3 aromatic heterocycles. The lowest BCUT2D eigenvalue weighted by atomic mass is 10.3. The molecule has 0 aliphatic heterocycles. The first-order valence-electron chi connectivity index (χ1n) is 4.23. The Morgan fingerprint density at radius 3 is 2.93 bits per heavy atom. The van der Waals surface area contributed by atoms with Gasteiger partial charge in [0.05, 0.1) is 18.1 Å². The summed E-state index contributed by atoms with van der Waals surface area (Å²) in [5, 5.41) is 8.33. The molecule has 0 spiro atoms. The first kappa shape index (κ1) is 9.05. The minimum atomic E-state index is 0.836. The molecule has 3 heterocycles. The van der Waals surface area contributed by atoms with E-state index in [0.29, 0.717) is 0 Å². The van der Waals surface area contributed by atoms with Gasteiger partial charge in [0.1, 0.15) is 0 Å². The van der Waals surface area contributed by atoms with Crippen LogP contribution in [-0.2, 0) is 7.05 Å². The van der Waals surface area contributed by atoms with Gasteiger partial charge < -0.3 is 0 Å². The molecular formula is C8H6BrN5S. The van der Waals surface area contributed by atoms with Crippen LogP contribution in [-0.4, -0.2) is 24.4 Å². The molecule has 3 aromatic rings. The summed E-state index contributed by atoms with van der Waals surface area (Å²) in [7, 11) is 1.89. The largest absolute Gasteiger partial charge is 0.275 e. The molecule has 0 atom stereocenters. The van der Waals surface area contributed by atoms with E-state index in [0.717, 1.165) is 20.1 Å². The molecule has 15 heavy (non-hydrogen) atoms.